The van der Waals surface area contributed by atoms with Crippen LogP contribution < -0.4 is 10.6 Å². The topological polar surface area (TPSA) is 82.7 Å². The van der Waals surface area contributed by atoms with Gasteiger partial charge in [-0.05, 0) is 12.1 Å². The van der Waals surface area contributed by atoms with E-state index in [2.05, 4.69) is 25.8 Å². The summed E-state index contributed by atoms with van der Waals surface area (Å²) in [5.41, 5.74) is -1.22. The second-order valence-electron chi connectivity index (χ2n) is 3.78. The average molecular weight is 285 g/mol. The van der Waals surface area contributed by atoms with E-state index in [-0.39, 0.29) is 12.2 Å². The molecule has 0 saturated carbocycles. The number of urea groups is 1. The molecule has 0 spiro atoms. The lowest BCUT2D eigenvalue weighted by Crippen LogP contribution is -2.29. The van der Waals surface area contributed by atoms with Gasteiger partial charge >= 0.3 is 12.2 Å². The summed E-state index contributed by atoms with van der Waals surface area (Å²) in [6, 6.07) is 3.96. The third kappa shape index (κ3) is 3.46. The average Bonchev–Trinajstić information content (AvgIpc) is 2.89. The molecule has 0 aliphatic carbocycles. The maximum Gasteiger partial charge on any atom is 0.418 e. The van der Waals surface area contributed by atoms with Crippen LogP contribution in [0.5, 0.6) is 0 Å². The Labute approximate surface area is 111 Å². The zero-order valence-corrected chi connectivity index (χ0v) is 10.0. The number of carbonyl (C=O) groups excluding carboxylic acids is 1. The van der Waals surface area contributed by atoms with E-state index in [1.54, 1.807) is 0 Å². The number of hydrogen-bond donors (Lipinski definition) is 3. The SMILES string of the molecule is O=C(NCc1ncn[nH]1)Nc1ccccc1C(F)(F)F. The van der Waals surface area contributed by atoms with E-state index in [1.165, 1.54) is 24.5 Å². The quantitative estimate of drug-likeness (QED) is 0.808. The Morgan fingerprint density at radius 2 is 2.05 bits per heavy atom. The fraction of sp³-hybridized carbons (Fsp3) is 0.182. The number of nitrogens with one attached hydrogen (secondary N) is 3. The molecule has 1 aromatic carbocycles. The third-order valence-corrected chi connectivity index (χ3v) is 2.36. The standard InChI is InChI=1S/C11H10F3N5O/c12-11(13,14)7-3-1-2-4-8(7)18-10(20)15-5-9-16-6-17-19-9/h1-4,6H,5H2,(H2,15,18,20)(H,16,17,19). The van der Waals surface area contributed by atoms with Crippen LogP contribution in [-0.4, -0.2) is 21.2 Å². The molecule has 0 radical (unpaired) electrons. The summed E-state index contributed by atoms with van der Waals surface area (Å²) in [7, 11) is 0. The molecule has 9 heteroatoms. The van der Waals surface area contributed by atoms with Gasteiger partial charge in [0.25, 0.3) is 0 Å². The van der Waals surface area contributed by atoms with Crippen molar-refractivity contribution in [3.05, 3.63) is 42.0 Å². The van der Waals surface area contributed by atoms with Gasteiger partial charge in [0.2, 0.25) is 0 Å². The van der Waals surface area contributed by atoms with Crippen molar-refractivity contribution < 1.29 is 18.0 Å². The first-order valence-corrected chi connectivity index (χ1v) is 5.52. The minimum absolute atomic E-state index is 0.0278. The molecule has 20 heavy (non-hydrogen) atoms. The zero-order valence-electron chi connectivity index (χ0n) is 10.0. The number of alkyl halides is 3. The molecular formula is C11H10F3N5O. The minimum Gasteiger partial charge on any atom is -0.331 e. The Bertz CT molecular complexity index is 582. The monoisotopic (exact) mass is 285 g/mol. The number of aromatic nitrogens is 3. The van der Waals surface area contributed by atoms with Crippen LogP contribution in [0.15, 0.2) is 30.6 Å². The number of hydrogen-bond acceptors (Lipinski definition) is 3. The first-order chi connectivity index (χ1) is 9.47. The number of para-hydroxylation sites is 1. The van der Waals surface area contributed by atoms with Gasteiger partial charge in [0.15, 0.2) is 0 Å². The van der Waals surface area contributed by atoms with Crippen molar-refractivity contribution in [3.8, 4) is 0 Å². The van der Waals surface area contributed by atoms with Crippen LogP contribution in [0.2, 0.25) is 0 Å². The second-order valence-corrected chi connectivity index (χ2v) is 3.78. The van der Waals surface area contributed by atoms with Crippen molar-refractivity contribution in [1.82, 2.24) is 20.5 Å². The molecule has 0 fully saturated rings. The molecule has 0 atom stereocenters. The van der Waals surface area contributed by atoms with Crippen molar-refractivity contribution in [1.29, 1.82) is 0 Å². The van der Waals surface area contributed by atoms with Gasteiger partial charge in [-0.15, -0.1) is 0 Å². The number of rotatable bonds is 3. The minimum atomic E-state index is -4.53. The van der Waals surface area contributed by atoms with Gasteiger partial charge in [-0.1, -0.05) is 12.1 Å². The molecule has 0 aliphatic rings. The Hall–Kier alpha value is -2.58. The van der Waals surface area contributed by atoms with Crippen molar-refractivity contribution in [2.45, 2.75) is 12.7 Å². The Morgan fingerprint density at radius 3 is 2.70 bits per heavy atom. The summed E-state index contributed by atoms with van der Waals surface area (Å²) in [5, 5.41) is 10.6. The van der Waals surface area contributed by atoms with Crippen molar-refractivity contribution in [2.24, 2.45) is 0 Å². The highest BCUT2D eigenvalue weighted by molar-refractivity contribution is 5.90. The molecule has 1 heterocycles. The smallest absolute Gasteiger partial charge is 0.331 e. The number of halogens is 3. The number of nitrogens with zero attached hydrogens (tertiary/aromatic N) is 2. The first-order valence-electron chi connectivity index (χ1n) is 5.52. The van der Waals surface area contributed by atoms with Crippen molar-refractivity contribution >= 4 is 11.7 Å². The van der Waals surface area contributed by atoms with Gasteiger partial charge in [-0.2, -0.15) is 18.3 Å². The molecule has 0 aliphatic heterocycles. The van der Waals surface area contributed by atoms with Crippen LogP contribution in [0, 0.1) is 0 Å². The highest BCUT2D eigenvalue weighted by Gasteiger charge is 2.33. The van der Waals surface area contributed by atoms with E-state index in [0.717, 1.165) is 6.07 Å². The molecule has 2 amide bonds. The van der Waals surface area contributed by atoms with Crippen LogP contribution in [0.1, 0.15) is 11.4 Å². The second kappa shape index (κ2) is 5.59. The van der Waals surface area contributed by atoms with Crippen LogP contribution in [-0.2, 0) is 12.7 Å². The van der Waals surface area contributed by atoms with Crippen LogP contribution in [0.4, 0.5) is 23.7 Å². The van der Waals surface area contributed by atoms with Gasteiger partial charge in [-0.3, -0.25) is 5.10 Å². The Morgan fingerprint density at radius 1 is 1.30 bits per heavy atom. The molecule has 0 saturated heterocycles. The summed E-state index contributed by atoms with van der Waals surface area (Å²) in [6.45, 7) is 0.0278. The number of benzene rings is 1. The van der Waals surface area contributed by atoms with Gasteiger partial charge in [0, 0.05) is 0 Å². The number of amides is 2. The Balaban J connectivity index is 2.01. The number of carbonyl (C=O) groups is 1. The summed E-state index contributed by atoms with van der Waals surface area (Å²) in [5.74, 6) is 0.393. The molecule has 6 nitrogen and oxygen atoms in total. The predicted molar refractivity (Wildman–Crippen MR) is 63.7 cm³/mol. The molecule has 3 N–H and O–H groups in total. The van der Waals surface area contributed by atoms with Gasteiger partial charge in [0.1, 0.15) is 12.2 Å². The summed E-state index contributed by atoms with van der Waals surface area (Å²) < 4.78 is 38.1. The van der Waals surface area contributed by atoms with E-state index in [4.69, 9.17) is 0 Å². The molecular weight excluding hydrogens is 275 g/mol. The van der Waals surface area contributed by atoms with Crippen molar-refractivity contribution in [2.75, 3.05) is 5.32 Å². The fourth-order valence-corrected chi connectivity index (χ4v) is 1.49. The maximum atomic E-state index is 12.7. The maximum absolute atomic E-state index is 12.7. The van der Waals surface area contributed by atoms with E-state index in [9.17, 15) is 18.0 Å². The zero-order chi connectivity index (χ0) is 14.6. The van der Waals surface area contributed by atoms with Crippen LogP contribution in [0.25, 0.3) is 0 Å². The molecule has 2 aromatic rings. The predicted octanol–water partition coefficient (Wildman–Crippen LogP) is 2.15. The normalized spacial score (nSPS) is 11.2. The Kier molecular flexibility index (Phi) is 3.87. The summed E-state index contributed by atoms with van der Waals surface area (Å²) in [6.07, 6.45) is -3.28. The van der Waals surface area contributed by atoms with Crippen molar-refractivity contribution in [3.63, 3.8) is 0 Å². The van der Waals surface area contributed by atoms with Gasteiger partial charge in [-0.25, -0.2) is 9.78 Å². The lowest BCUT2D eigenvalue weighted by Gasteiger charge is -2.13. The molecule has 106 valence electrons. The first kappa shape index (κ1) is 13.8. The molecule has 0 bridgehead atoms. The summed E-state index contributed by atoms with van der Waals surface area (Å²) in [4.78, 5) is 15.3. The third-order valence-electron chi connectivity index (χ3n) is 2.36. The lowest BCUT2D eigenvalue weighted by atomic mass is 10.1. The number of H-pyrrole nitrogens is 1. The lowest BCUT2D eigenvalue weighted by molar-refractivity contribution is -0.136. The van der Waals surface area contributed by atoms with E-state index >= 15 is 0 Å². The number of aromatic amines is 1. The highest BCUT2D eigenvalue weighted by atomic mass is 19.4. The van der Waals surface area contributed by atoms with Gasteiger partial charge < -0.3 is 10.6 Å². The molecule has 2 rings (SSSR count). The largest absolute Gasteiger partial charge is 0.418 e. The van der Waals surface area contributed by atoms with Crippen LogP contribution in [0.3, 0.4) is 0 Å². The van der Waals surface area contributed by atoms with E-state index in [0.29, 0.717) is 5.82 Å². The van der Waals surface area contributed by atoms with E-state index in [1.807, 2.05) is 0 Å². The molecule has 1 aromatic heterocycles. The fourth-order valence-electron chi connectivity index (χ4n) is 1.49. The summed E-state index contributed by atoms with van der Waals surface area (Å²) >= 11 is 0. The number of anilines is 1. The highest BCUT2D eigenvalue weighted by Crippen LogP contribution is 2.34. The van der Waals surface area contributed by atoms with Crippen LogP contribution >= 0.6 is 0 Å². The molecule has 0 unspecified atom stereocenters. The van der Waals surface area contributed by atoms with Gasteiger partial charge in [0.05, 0.1) is 17.8 Å². The van der Waals surface area contributed by atoms with E-state index < -0.39 is 17.8 Å².